The quantitative estimate of drug-likeness (QED) is 0.409. The maximum absolute atomic E-state index is 13.7. The number of rotatable bonds is 5. The zero-order valence-corrected chi connectivity index (χ0v) is 18.0. The van der Waals surface area contributed by atoms with Gasteiger partial charge in [0.2, 0.25) is 0 Å². The van der Waals surface area contributed by atoms with E-state index < -0.39 is 5.97 Å². The largest absolute Gasteiger partial charge is 0.478 e. The molecule has 0 aliphatic carbocycles. The summed E-state index contributed by atoms with van der Waals surface area (Å²) in [5.74, 6) is -0.820. The van der Waals surface area contributed by atoms with Gasteiger partial charge in [-0.1, -0.05) is 26.0 Å². The van der Waals surface area contributed by atoms with Gasteiger partial charge in [-0.15, -0.1) is 0 Å². The summed E-state index contributed by atoms with van der Waals surface area (Å²) in [5, 5.41) is 10.4. The summed E-state index contributed by atoms with van der Waals surface area (Å²) in [6.45, 7) is 5.01. The monoisotopic (exact) mass is 426 g/mol. The Balaban J connectivity index is 1.85. The number of aromatic carboxylic acids is 1. The molecule has 0 bridgehead atoms. The molecular formula is C27H23FN2O2. The number of aromatic nitrogens is 1. The van der Waals surface area contributed by atoms with Crippen molar-refractivity contribution in [3.63, 3.8) is 0 Å². The molecule has 1 aromatic heterocycles. The zero-order valence-electron chi connectivity index (χ0n) is 18.0. The van der Waals surface area contributed by atoms with Crippen molar-refractivity contribution in [2.24, 2.45) is 10.9 Å². The van der Waals surface area contributed by atoms with Crippen LogP contribution in [0.3, 0.4) is 0 Å². The Morgan fingerprint density at radius 2 is 1.81 bits per heavy atom. The van der Waals surface area contributed by atoms with E-state index in [0.29, 0.717) is 12.5 Å². The normalized spacial score (nSPS) is 12.6. The first kappa shape index (κ1) is 20.2. The van der Waals surface area contributed by atoms with E-state index in [-0.39, 0.29) is 11.4 Å². The molecule has 5 heteroatoms. The Morgan fingerprint density at radius 1 is 1.09 bits per heavy atom. The van der Waals surface area contributed by atoms with Crippen LogP contribution in [-0.4, -0.2) is 21.9 Å². The number of carboxylic acids is 1. The molecule has 0 saturated heterocycles. The Hall–Kier alpha value is -3.73. The van der Waals surface area contributed by atoms with Crippen LogP contribution in [0.15, 0.2) is 65.7 Å². The highest BCUT2D eigenvalue weighted by molar-refractivity contribution is 6.03. The fourth-order valence-corrected chi connectivity index (χ4v) is 4.51. The van der Waals surface area contributed by atoms with E-state index >= 15 is 0 Å². The summed E-state index contributed by atoms with van der Waals surface area (Å²) in [7, 11) is 0. The zero-order chi connectivity index (χ0) is 22.4. The van der Waals surface area contributed by atoms with Crippen molar-refractivity contribution in [1.29, 1.82) is 0 Å². The van der Waals surface area contributed by atoms with Gasteiger partial charge in [0.15, 0.2) is 0 Å². The second-order valence-corrected chi connectivity index (χ2v) is 8.65. The van der Waals surface area contributed by atoms with Gasteiger partial charge >= 0.3 is 5.97 Å². The van der Waals surface area contributed by atoms with Crippen molar-refractivity contribution in [2.45, 2.75) is 26.8 Å². The Kier molecular flexibility index (Phi) is 4.89. The number of nitrogens with zero attached hydrogens (tertiary/aromatic N) is 2. The second kappa shape index (κ2) is 7.75. The maximum Gasteiger partial charge on any atom is 0.335 e. The van der Waals surface area contributed by atoms with Crippen LogP contribution in [0.2, 0.25) is 0 Å². The van der Waals surface area contributed by atoms with E-state index in [1.165, 1.54) is 17.7 Å². The molecule has 1 aliphatic heterocycles. The van der Waals surface area contributed by atoms with Gasteiger partial charge in [-0.05, 0) is 77.6 Å². The fraction of sp³-hybridized carbons (Fsp3) is 0.185. The highest BCUT2D eigenvalue weighted by Crippen LogP contribution is 2.40. The summed E-state index contributed by atoms with van der Waals surface area (Å²) < 4.78 is 15.9. The first-order chi connectivity index (χ1) is 15.4. The van der Waals surface area contributed by atoms with Crippen LogP contribution in [0, 0.1) is 11.7 Å². The van der Waals surface area contributed by atoms with Crippen molar-refractivity contribution in [3.8, 4) is 16.8 Å². The molecule has 3 aromatic carbocycles. The highest BCUT2D eigenvalue weighted by Gasteiger charge is 2.23. The number of benzene rings is 3. The van der Waals surface area contributed by atoms with Crippen molar-refractivity contribution >= 4 is 23.1 Å². The number of halogens is 1. The number of hydrogen-bond acceptors (Lipinski definition) is 2. The molecular weight excluding hydrogens is 403 g/mol. The lowest BCUT2D eigenvalue weighted by atomic mass is 9.95. The van der Waals surface area contributed by atoms with Crippen molar-refractivity contribution in [1.82, 2.24) is 4.57 Å². The van der Waals surface area contributed by atoms with E-state index in [9.17, 15) is 14.3 Å². The van der Waals surface area contributed by atoms with Crippen LogP contribution in [0.5, 0.6) is 0 Å². The summed E-state index contributed by atoms with van der Waals surface area (Å²) in [6.07, 6.45) is 2.72. The van der Waals surface area contributed by atoms with Gasteiger partial charge in [0.25, 0.3) is 0 Å². The maximum atomic E-state index is 13.7. The molecule has 0 saturated carbocycles. The minimum absolute atomic E-state index is 0.260. The summed E-state index contributed by atoms with van der Waals surface area (Å²) >= 11 is 0. The van der Waals surface area contributed by atoms with Gasteiger partial charge < -0.3 is 9.67 Å². The van der Waals surface area contributed by atoms with E-state index in [0.717, 1.165) is 45.4 Å². The number of hydrogen-bond donors (Lipinski definition) is 1. The number of carbonyl (C=O) groups is 1. The van der Waals surface area contributed by atoms with Gasteiger partial charge in [0, 0.05) is 28.5 Å². The first-order valence-electron chi connectivity index (χ1n) is 10.7. The number of fused-ring (bicyclic) bond motifs is 2. The molecule has 0 spiro atoms. The average molecular weight is 426 g/mol. The first-order valence-corrected chi connectivity index (χ1v) is 10.7. The molecule has 5 rings (SSSR count). The number of aliphatic imine (C=N–C) groups is 1. The van der Waals surface area contributed by atoms with Gasteiger partial charge in [-0.2, -0.15) is 0 Å². The third-order valence-electron chi connectivity index (χ3n) is 5.93. The summed E-state index contributed by atoms with van der Waals surface area (Å²) in [5.41, 5.74) is 7.66. The Labute approximate surface area is 185 Å². The molecule has 0 amide bonds. The van der Waals surface area contributed by atoms with E-state index in [1.54, 1.807) is 24.3 Å². The highest BCUT2D eigenvalue weighted by atomic mass is 19.1. The summed E-state index contributed by atoms with van der Waals surface area (Å²) in [6, 6.07) is 18.0. The molecule has 160 valence electrons. The minimum Gasteiger partial charge on any atom is -0.478 e. The topological polar surface area (TPSA) is 54.6 Å². The SMILES string of the molecule is CC(C)Cc1c(-c2ccc(C(=O)O)cc2)c2cc3c(cc2n1-c1ccc(F)cc1)C=NC3. The van der Waals surface area contributed by atoms with Crippen LogP contribution < -0.4 is 0 Å². The van der Waals surface area contributed by atoms with E-state index in [2.05, 4.69) is 35.5 Å². The second-order valence-electron chi connectivity index (χ2n) is 8.65. The third kappa shape index (κ3) is 3.40. The van der Waals surface area contributed by atoms with Gasteiger partial charge in [0.05, 0.1) is 17.6 Å². The lowest BCUT2D eigenvalue weighted by molar-refractivity contribution is 0.0697. The molecule has 4 aromatic rings. The molecule has 4 nitrogen and oxygen atoms in total. The molecule has 0 unspecified atom stereocenters. The molecule has 0 fully saturated rings. The average Bonchev–Trinajstić information content (AvgIpc) is 3.34. The van der Waals surface area contributed by atoms with E-state index in [4.69, 9.17) is 0 Å². The third-order valence-corrected chi connectivity index (χ3v) is 5.93. The number of carboxylic acid groups (broad SMARTS) is 1. The van der Waals surface area contributed by atoms with Gasteiger partial charge in [-0.3, -0.25) is 4.99 Å². The Morgan fingerprint density at radius 3 is 2.47 bits per heavy atom. The predicted octanol–water partition coefficient (Wildman–Crippen LogP) is 6.27. The van der Waals surface area contributed by atoms with Gasteiger partial charge in [0.1, 0.15) is 5.82 Å². The van der Waals surface area contributed by atoms with Crippen LogP contribution in [0.4, 0.5) is 4.39 Å². The molecule has 1 aliphatic rings. The standard InChI is InChI=1S/C27H23FN2O2/c1-16(2)11-25-26(17-3-5-18(6-4-17)27(31)32)23-12-19-14-29-15-20(19)13-24(23)30(25)22-9-7-21(28)8-10-22/h3-10,12-13,15-16H,11,14H2,1-2H3,(H,31,32). The van der Waals surface area contributed by atoms with Crippen LogP contribution in [0.25, 0.3) is 27.7 Å². The van der Waals surface area contributed by atoms with Crippen molar-refractivity contribution in [2.75, 3.05) is 0 Å². The Bertz CT molecular complexity index is 1360. The lowest BCUT2D eigenvalue weighted by Gasteiger charge is -2.15. The smallest absolute Gasteiger partial charge is 0.335 e. The molecule has 32 heavy (non-hydrogen) atoms. The van der Waals surface area contributed by atoms with Gasteiger partial charge in [-0.25, -0.2) is 9.18 Å². The minimum atomic E-state index is -0.942. The fourth-order valence-electron chi connectivity index (χ4n) is 4.51. The predicted molar refractivity (Wildman–Crippen MR) is 125 cm³/mol. The van der Waals surface area contributed by atoms with Crippen LogP contribution in [-0.2, 0) is 13.0 Å². The summed E-state index contributed by atoms with van der Waals surface area (Å²) in [4.78, 5) is 15.8. The lowest BCUT2D eigenvalue weighted by Crippen LogP contribution is -2.05. The van der Waals surface area contributed by atoms with Crippen molar-refractivity contribution < 1.29 is 14.3 Å². The molecule has 1 N–H and O–H groups in total. The van der Waals surface area contributed by atoms with Crippen LogP contribution >= 0.6 is 0 Å². The van der Waals surface area contributed by atoms with Crippen molar-refractivity contribution in [3.05, 3.63) is 88.9 Å². The molecule has 0 atom stereocenters. The molecule has 2 heterocycles. The van der Waals surface area contributed by atoms with E-state index in [1.807, 2.05) is 18.3 Å². The molecule has 0 radical (unpaired) electrons. The van der Waals surface area contributed by atoms with Crippen LogP contribution in [0.1, 0.15) is 41.0 Å².